The fourth-order valence-electron chi connectivity index (χ4n) is 8.69. The number of rotatable bonds is 5. The van der Waals surface area contributed by atoms with Crippen LogP contribution in [-0.4, -0.2) is 0 Å². The SMILES string of the molecule is c1ccc2c(c1)ccc1sc3c(-c4ccc(N(c5ccc(-c6cccc7c6oc6ccccc67)cc5)c5cccc6c5oc5ccccc56)cc4)cccc3c12. The van der Waals surface area contributed by atoms with Gasteiger partial charge in [0.05, 0.1) is 5.69 Å². The molecule has 0 radical (unpaired) electrons. The topological polar surface area (TPSA) is 29.5 Å². The molecule has 0 aliphatic carbocycles. The predicted molar refractivity (Wildman–Crippen MR) is 237 cm³/mol. The summed E-state index contributed by atoms with van der Waals surface area (Å²) in [6, 6.07) is 67.1. The van der Waals surface area contributed by atoms with Crippen LogP contribution >= 0.6 is 11.3 Å². The van der Waals surface area contributed by atoms with Crippen LogP contribution in [0.15, 0.2) is 197 Å². The van der Waals surface area contributed by atoms with Crippen LogP contribution in [0.3, 0.4) is 0 Å². The monoisotopic (exact) mass is 733 g/mol. The summed E-state index contributed by atoms with van der Waals surface area (Å²) in [7, 11) is 0. The van der Waals surface area contributed by atoms with E-state index in [-0.39, 0.29) is 0 Å². The van der Waals surface area contributed by atoms with Crippen molar-refractivity contribution in [2.45, 2.75) is 0 Å². The van der Waals surface area contributed by atoms with Crippen molar-refractivity contribution < 1.29 is 8.83 Å². The maximum atomic E-state index is 6.63. The van der Waals surface area contributed by atoms with E-state index < -0.39 is 0 Å². The highest BCUT2D eigenvalue weighted by Gasteiger charge is 2.21. The van der Waals surface area contributed by atoms with Gasteiger partial charge in [-0.3, -0.25) is 0 Å². The van der Waals surface area contributed by atoms with Crippen LogP contribution in [-0.2, 0) is 0 Å². The molecule has 0 aliphatic heterocycles. The first kappa shape index (κ1) is 31.2. The molecule has 0 saturated carbocycles. The zero-order chi connectivity index (χ0) is 36.7. The average Bonchev–Trinajstić information content (AvgIpc) is 3.96. The molecule has 0 unspecified atom stereocenters. The molecule has 9 aromatic carbocycles. The highest BCUT2D eigenvalue weighted by Crippen LogP contribution is 2.46. The number of hydrogen-bond donors (Lipinski definition) is 0. The molecule has 3 aromatic heterocycles. The van der Waals surface area contributed by atoms with Gasteiger partial charge in [0, 0.05) is 58.7 Å². The van der Waals surface area contributed by atoms with Crippen LogP contribution in [0.4, 0.5) is 17.1 Å². The molecule has 0 atom stereocenters. The van der Waals surface area contributed by atoms with Crippen molar-refractivity contribution >= 4 is 103 Å². The third-order valence-electron chi connectivity index (χ3n) is 11.3. The maximum absolute atomic E-state index is 6.63. The normalized spacial score (nSPS) is 11.9. The molecule has 0 bridgehead atoms. The van der Waals surface area contributed by atoms with Crippen LogP contribution in [0.25, 0.3) is 97.1 Å². The van der Waals surface area contributed by atoms with Gasteiger partial charge in [-0.05, 0) is 76.0 Å². The molecule has 0 spiro atoms. The molecule has 4 heteroatoms. The first-order chi connectivity index (χ1) is 27.8. The molecule has 56 heavy (non-hydrogen) atoms. The minimum absolute atomic E-state index is 0.858. The molecule has 0 saturated heterocycles. The minimum atomic E-state index is 0.858. The van der Waals surface area contributed by atoms with Gasteiger partial charge >= 0.3 is 0 Å². The van der Waals surface area contributed by atoms with Gasteiger partial charge in [0.1, 0.15) is 16.7 Å². The summed E-state index contributed by atoms with van der Waals surface area (Å²) < 4.78 is 15.7. The van der Waals surface area contributed by atoms with Crippen LogP contribution in [0.2, 0.25) is 0 Å². The van der Waals surface area contributed by atoms with Gasteiger partial charge in [-0.25, -0.2) is 0 Å². The third kappa shape index (κ3) is 4.70. The van der Waals surface area contributed by atoms with Gasteiger partial charge in [-0.15, -0.1) is 11.3 Å². The third-order valence-corrected chi connectivity index (χ3v) is 12.5. The molecule has 0 amide bonds. The van der Waals surface area contributed by atoms with E-state index in [0.717, 1.165) is 72.1 Å². The average molecular weight is 734 g/mol. The van der Waals surface area contributed by atoms with E-state index >= 15 is 0 Å². The van der Waals surface area contributed by atoms with Crippen LogP contribution < -0.4 is 4.90 Å². The molecule has 3 heterocycles. The Balaban J connectivity index is 1.00. The fraction of sp³-hybridized carbons (Fsp3) is 0. The van der Waals surface area contributed by atoms with Crippen molar-refractivity contribution in [3.8, 4) is 22.3 Å². The summed E-state index contributed by atoms with van der Waals surface area (Å²) in [5.41, 5.74) is 11.2. The molecule has 0 fully saturated rings. The lowest BCUT2D eigenvalue weighted by molar-refractivity contribution is 0.669. The number of para-hydroxylation sites is 4. The Morgan fingerprint density at radius 2 is 0.911 bits per heavy atom. The number of thiophene rings is 1. The largest absolute Gasteiger partial charge is 0.455 e. The quantitative estimate of drug-likeness (QED) is 0.176. The first-order valence-electron chi connectivity index (χ1n) is 18.9. The van der Waals surface area contributed by atoms with Gasteiger partial charge < -0.3 is 13.7 Å². The Bertz CT molecular complexity index is 3480. The van der Waals surface area contributed by atoms with Crippen molar-refractivity contribution in [3.05, 3.63) is 188 Å². The van der Waals surface area contributed by atoms with Crippen molar-refractivity contribution in [1.82, 2.24) is 0 Å². The lowest BCUT2D eigenvalue weighted by Crippen LogP contribution is -2.10. The van der Waals surface area contributed by atoms with E-state index in [4.69, 9.17) is 8.83 Å². The Morgan fingerprint density at radius 3 is 1.62 bits per heavy atom. The molecule has 0 aliphatic rings. The second-order valence-corrected chi connectivity index (χ2v) is 15.5. The number of fused-ring (bicyclic) bond motifs is 11. The maximum Gasteiger partial charge on any atom is 0.159 e. The summed E-state index contributed by atoms with van der Waals surface area (Å²) in [4.78, 5) is 2.31. The standard InChI is InChI=1S/C52H31NO2S/c1-2-11-37-32(10-1)26-31-48-49(37)44-18-8-15-39(52(44)56-48)34-24-29-36(30-25-34)53(45-19-9-17-43-41-13-4-6-21-47(41)55-51(43)45)35-27-22-33(23-28-35)38-14-7-16-42-40-12-3-5-20-46(40)54-50(38)42/h1-31H. The summed E-state index contributed by atoms with van der Waals surface area (Å²) in [5.74, 6) is 0. The van der Waals surface area contributed by atoms with Gasteiger partial charge in [0.15, 0.2) is 5.58 Å². The van der Waals surface area contributed by atoms with Gasteiger partial charge in [-0.1, -0.05) is 140 Å². The van der Waals surface area contributed by atoms with Crippen molar-refractivity contribution in [2.75, 3.05) is 4.90 Å². The highest BCUT2D eigenvalue weighted by molar-refractivity contribution is 7.26. The van der Waals surface area contributed by atoms with E-state index in [1.54, 1.807) is 0 Å². The van der Waals surface area contributed by atoms with Crippen LogP contribution in [0.5, 0.6) is 0 Å². The molecule has 12 rings (SSSR count). The van der Waals surface area contributed by atoms with Crippen LogP contribution in [0.1, 0.15) is 0 Å². The molecule has 262 valence electrons. The van der Waals surface area contributed by atoms with Crippen molar-refractivity contribution in [2.24, 2.45) is 0 Å². The van der Waals surface area contributed by atoms with E-state index in [0.29, 0.717) is 0 Å². The Labute approximate surface area is 325 Å². The van der Waals surface area contributed by atoms with Crippen molar-refractivity contribution in [1.29, 1.82) is 0 Å². The van der Waals surface area contributed by atoms with E-state index in [1.165, 1.54) is 42.1 Å². The number of nitrogens with zero attached hydrogens (tertiary/aromatic N) is 1. The van der Waals surface area contributed by atoms with E-state index in [9.17, 15) is 0 Å². The van der Waals surface area contributed by atoms with Gasteiger partial charge in [0.25, 0.3) is 0 Å². The lowest BCUT2D eigenvalue weighted by Gasteiger charge is -2.26. The Kier molecular flexibility index (Phi) is 6.80. The molecule has 0 N–H and O–H groups in total. The summed E-state index contributed by atoms with van der Waals surface area (Å²) in [5, 5.41) is 9.68. The minimum Gasteiger partial charge on any atom is -0.455 e. The van der Waals surface area contributed by atoms with E-state index in [1.807, 2.05) is 35.6 Å². The summed E-state index contributed by atoms with van der Waals surface area (Å²) in [6.45, 7) is 0. The fourth-order valence-corrected chi connectivity index (χ4v) is 9.94. The smallest absolute Gasteiger partial charge is 0.159 e. The van der Waals surface area contributed by atoms with Crippen molar-refractivity contribution in [3.63, 3.8) is 0 Å². The molecular weight excluding hydrogens is 703 g/mol. The highest BCUT2D eigenvalue weighted by atomic mass is 32.1. The van der Waals surface area contributed by atoms with E-state index in [2.05, 4.69) is 169 Å². The van der Waals surface area contributed by atoms with Gasteiger partial charge in [-0.2, -0.15) is 0 Å². The first-order valence-corrected chi connectivity index (χ1v) is 19.7. The molecule has 3 nitrogen and oxygen atoms in total. The number of benzene rings is 9. The van der Waals surface area contributed by atoms with Crippen LogP contribution in [0, 0.1) is 0 Å². The van der Waals surface area contributed by atoms with Gasteiger partial charge in [0.2, 0.25) is 0 Å². The Hall–Kier alpha value is -7.14. The summed E-state index contributed by atoms with van der Waals surface area (Å²) >= 11 is 1.88. The lowest BCUT2D eigenvalue weighted by atomic mass is 9.99. The second kappa shape index (κ2) is 12.2. The number of furan rings is 2. The zero-order valence-electron chi connectivity index (χ0n) is 30.1. The summed E-state index contributed by atoms with van der Waals surface area (Å²) in [6.07, 6.45) is 0. The Morgan fingerprint density at radius 1 is 0.375 bits per heavy atom. The zero-order valence-corrected chi connectivity index (χ0v) is 30.9. The molecule has 12 aromatic rings. The number of hydrogen-bond acceptors (Lipinski definition) is 4. The molecular formula is C52H31NO2S. The second-order valence-electron chi connectivity index (χ2n) is 14.4. The number of anilines is 3. The predicted octanol–water partition coefficient (Wildman–Crippen LogP) is 15.8.